The van der Waals surface area contributed by atoms with Crippen LogP contribution in [0.2, 0.25) is 0 Å². The van der Waals surface area contributed by atoms with Crippen molar-refractivity contribution in [2.24, 2.45) is 5.92 Å². The molecule has 0 spiro atoms. The Morgan fingerprint density at radius 1 is 1.31 bits per heavy atom. The van der Waals surface area contributed by atoms with E-state index < -0.39 is 0 Å². The van der Waals surface area contributed by atoms with E-state index in [1.165, 1.54) is 23.0 Å². The third kappa shape index (κ3) is 0.925. The highest BCUT2D eigenvalue weighted by Crippen LogP contribution is 2.67. The molecule has 3 aliphatic heterocycles. The second kappa shape index (κ2) is 2.91. The largest absolute Gasteiger partial charge is 0.302 e. The van der Waals surface area contributed by atoms with Crippen molar-refractivity contribution in [2.75, 3.05) is 6.54 Å². The van der Waals surface area contributed by atoms with Crippen molar-refractivity contribution < 1.29 is 4.48 Å². The predicted octanol–water partition coefficient (Wildman–Crippen LogP) is 3.11. The van der Waals surface area contributed by atoms with Crippen LogP contribution in [-0.2, 0) is 0 Å². The first kappa shape index (κ1) is 9.67. The van der Waals surface area contributed by atoms with Gasteiger partial charge in [0.2, 0.25) is 0 Å². The third-order valence-electron chi connectivity index (χ3n) is 5.35. The van der Waals surface area contributed by atoms with E-state index >= 15 is 0 Å². The Bertz CT molecular complexity index is 432. The molecular weight excluding hydrogens is 262 g/mol. The lowest BCUT2D eigenvalue weighted by molar-refractivity contribution is -0.841. The lowest BCUT2D eigenvalue weighted by atomic mass is 10.1. The van der Waals surface area contributed by atoms with E-state index in [1.54, 1.807) is 0 Å². The van der Waals surface area contributed by atoms with Crippen LogP contribution in [0.3, 0.4) is 0 Å². The average Bonchev–Trinajstić information content (AvgIpc) is 2.66. The number of halogens is 1. The van der Waals surface area contributed by atoms with Crippen LogP contribution in [0.15, 0.2) is 30.3 Å². The molecule has 1 nitrogen and oxygen atoms in total. The summed E-state index contributed by atoms with van der Waals surface area (Å²) in [5.74, 6) is 0.959. The van der Waals surface area contributed by atoms with Gasteiger partial charge in [-0.05, 0) is 6.92 Å². The lowest BCUT2D eigenvalue weighted by Gasteiger charge is -2.24. The van der Waals surface area contributed by atoms with Gasteiger partial charge in [0, 0.05) is 17.9 Å². The van der Waals surface area contributed by atoms with E-state index in [9.17, 15) is 0 Å². The molecule has 16 heavy (non-hydrogen) atoms. The first-order chi connectivity index (χ1) is 7.75. The fourth-order valence-electron chi connectivity index (χ4n) is 4.59. The lowest BCUT2D eigenvalue weighted by Crippen LogP contribution is -2.29. The molecule has 4 fully saturated rings. The Labute approximate surface area is 105 Å². The molecule has 1 saturated carbocycles. The van der Waals surface area contributed by atoms with Crippen molar-refractivity contribution in [1.29, 1.82) is 0 Å². The van der Waals surface area contributed by atoms with Gasteiger partial charge >= 0.3 is 0 Å². The Morgan fingerprint density at radius 2 is 2.06 bits per heavy atom. The van der Waals surface area contributed by atoms with E-state index in [-0.39, 0.29) is 0 Å². The molecule has 3 saturated heterocycles. The molecule has 1 aromatic carbocycles. The normalized spacial score (nSPS) is 49.4. The molecule has 3 unspecified atom stereocenters. The number of alkyl halides is 1. The van der Waals surface area contributed by atoms with Crippen LogP contribution in [-0.4, -0.2) is 27.9 Å². The van der Waals surface area contributed by atoms with Gasteiger partial charge in [0.25, 0.3) is 0 Å². The van der Waals surface area contributed by atoms with Gasteiger partial charge in [-0.3, -0.25) is 0 Å². The molecule has 0 N–H and O–H groups in total. The molecule has 1 aromatic rings. The quantitative estimate of drug-likeness (QED) is 0.443. The van der Waals surface area contributed by atoms with Crippen molar-refractivity contribution in [2.45, 2.75) is 36.3 Å². The first-order valence-corrected chi connectivity index (χ1v) is 7.23. The zero-order chi connectivity index (χ0) is 10.9. The highest BCUT2D eigenvalue weighted by Gasteiger charge is 2.82. The van der Waals surface area contributed by atoms with E-state index in [0.29, 0.717) is 6.04 Å². The van der Waals surface area contributed by atoms with Crippen LogP contribution in [0.25, 0.3) is 0 Å². The summed E-state index contributed by atoms with van der Waals surface area (Å²) < 4.78 is 1.39. The van der Waals surface area contributed by atoms with Gasteiger partial charge in [0.15, 0.2) is 6.04 Å². The monoisotopic (exact) mass is 278 g/mol. The summed E-state index contributed by atoms with van der Waals surface area (Å²) in [5.41, 5.74) is 1.53. The van der Waals surface area contributed by atoms with Gasteiger partial charge in [-0.1, -0.05) is 46.3 Å². The van der Waals surface area contributed by atoms with Gasteiger partial charge in [0.05, 0.1) is 11.4 Å². The fraction of sp³-hybridized carbons (Fsp3) is 0.571. The number of benzene rings is 1. The van der Waals surface area contributed by atoms with E-state index in [0.717, 1.165) is 22.8 Å². The van der Waals surface area contributed by atoms with Crippen molar-refractivity contribution in [1.82, 2.24) is 0 Å². The summed E-state index contributed by atoms with van der Waals surface area (Å²) in [6.07, 6.45) is 1.47. The topological polar surface area (TPSA) is 0 Å². The molecule has 5 rings (SSSR count). The van der Waals surface area contributed by atoms with Crippen molar-refractivity contribution in [3.8, 4) is 0 Å². The average molecular weight is 279 g/mol. The molecule has 0 amide bonds. The number of hydrogen-bond donors (Lipinski definition) is 0. The van der Waals surface area contributed by atoms with Gasteiger partial charge < -0.3 is 4.48 Å². The predicted molar refractivity (Wildman–Crippen MR) is 68.4 cm³/mol. The van der Waals surface area contributed by atoms with Gasteiger partial charge in [-0.15, -0.1) is 0 Å². The maximum atomic E-state index is 3.91. The minimum absolute atomic E-state index is 0.698. The highest BCUT2D eigenvalue weighted by molar-refractivity contribution is 9.09. The molecule has 4 aliphatic rings. The van der Waals surface area contributed by atoms with Crippen LogP contribution < -0.4 is 0 Å². The number of quaternary nitrogens is 1. The Hall–Kier alpha value is -0.340. The summed E-state index contributed by atoms with van der Waals surface area (Å²) in [6, 6.07) is 13.7. The van der Waals surface area contributed by atoms with E-state index in [1.807, 2.05) is 0 Å². The summed E-state index contributed by atoms with van der Waals surface area (Å²) in [5, 5.41) is 0. The molecule has 2 heteroatoms. The van der Waals surface area contributed by atoms with Gasteiger partial charge in [-0.2, -0.15) is 0 Å². The summed E-state index contributed by atoms with van der Waals surface area (Å²) in [6.45, 7) is 3.84. The summed E-state index contributed by atoms with van der Waals surface area (Å²) in [4.78, 5) is 0.809. The summed E-state index contributed by atoms with van der Waals surface area (Å²) >= 11 is 3.91. The number of hydrogen-bond acceptors (Lipinski definition) is 0. The number of nitrogens with zero attached hydrogens (tertiary/aromatic N) is 1. The van der Waals surface area contributed by atoms with Crippen LogP contribution in [0.4, 0.5) is 0 Å². The maximum absolute atomic E-state index is 3.91. The smallest absolute Gasteiger partial charge is 0.155 e. The standard InChI is InChI=1S/C14H17BrN/c1-9(10-5-3-2-4-6-10)16-8-11-7-12(16)14(16)13(11)15/h2-6,9,11-14H,7-8H2,1H3/q+1/t9-,11+,12+,13?,14?,16?/m0/s1. The van der Waals surface area contributed by atoms with Crippen molar-refractivity contribution in [3.63, 3.8) is 0 Å². The second-order valence-corrected chi connectivity index (χ2v) is 6.82. The van der Waals surface area contributed by atoms with Gasteiger partial charge in [0.1, 0.15) is 12.1 Å². The molecular formula is C14H17BrN+. The zero-order valence-corrected chi connectivity index (χ0v) is 11.1. The molecule has 84 valence electrons. The van der Waals surface area contributed by atoms with Crippen molar-refractivity contribution >= 4 is 15.9 Å². The summed E-state index contributed by atoms with van der Waals surface area (Å²) in [7, 11) is 0. The Morgan fingerprint density at radius 3 is 2.56 bits per heavy atom. The SMILES string of the molecule is C[C@@H](c1ccccc1)[N+]12C[C@H]3C[C@@H]1C2C3Br. The van der Waals surface area contributed by atoms with Crippen molar-refractivity contribution in [3.05, 3.63) is 35.9 Å². The Kier molecular flexibility index (Phi) is 1.76. The van der Waals surface area contributed by atoms with Crippen LogP contribution in [0.5, 0.6) is 0 Å². The molecule has 6 atom stereocenters. The molecule has 1 aliphatic carbocycles. The number of piperidine rings is 3. The molecule has 0 aromatic heterocycles. The minimum atomic E-state index is 0.698. The minimum Gasteiger partial charge on any atom is -0.302 e. The molecule has 3 heterocycles. The Balaban J connectivity index is 1.70. The second-order valence-electron chi connectivity index (χ2n) is 5.76. The first-order valence-electron chi connectivity index (χ1n) is 6.31. The third-order valence-corrected chi connectivity index (χ3v) is 6.64. The highest BCUT2D eigenvalue weighted by atomic mass is 79.9. The zero-order valence-electron chi connectivity index (χ0n) is 9.51. The van der Waals surface area contributed by atoms with E-state index in [2.05, 4.69) is 53.2 Å². The molecule has 4 bridgehead atoms. The van der Waals surface area contributed by atoms with E-state index in [4.69, 9.17) is 0 Å². The maximum Gasteiger partial charge on any atom is 0.155 e. The fourth-order valence-corrected chi connectivity index (χ4v) is 5.76. The molecule has 0 radical (unpaired) electrons. The van der Waals surface area contributed by atoms with Crippen LogP contribution in [0, 0.1) is 5.92 Å². The van der Waals surface area contributed by atoms with Gasteiger partial charge in [-0.25, -0.2) is 0 Å². The number of rotatable bonds is 2. The van der Waals surface area contributed by atoms with Crippen LogP contribution in [0.1, 0.15) is 24.9 Å². The van der Waals surface area contributed by atoms with Crippen LogP contribution >= 0.6 is 15.9 Å².